The first-order valence-corrected chi connectivity index (χ1v) is 10.7. The summed E-state index contributed by atoms with van der Waals surface area (Å²) in [7, 11) is 0. The maximum atomic E-state index is 12.0. The van der Waals surface area contributed by atoms with Gasteiger partial charge in [0.15, 0.2) is 11.5 Å². The van der Waals surface area contributed by atoms with Crippen LogP contribution in [0.5, 0.6) is 5.75 Å². The predicted octanol–water partition coefficient (Wildman–Crippen LogP) is 2.47. The number of ether oxygens (including phenoxy) is 1. The van der Waals surface area contributed by atoms with Crippen LogP contribution in [-0.4, -0.2) is 52.5 Å². The van der Waals surface area contributed by atoms with Gasteiger partial charge in [-0.1, -0.05) is 12.1 Å². The molecule has 0 bridgehead atoms. The number of rotatable bonds is 8. The van der Waals surface area contributed by atoms with Crippen molar-refractivity contribution < 1.29 is 19.1 Å². The topological polar surface area (TPSA) is 140 Å². The van der Waals surface area contributed by atoms with Gasteiger partial charge >= 0.3 is 0 Å². The average molecular weight is 453 g/mol. The van der Waals surface area contributed by atoms with E-state index in [0.29, 0.717) is 30.2 Å². The van der Waals surface area contributed by atoms with Crippen molar-refractivity contribution in [1.82, 2.24) is 15.1 Å². The second-order valence-corrected chi connectivity index (χ2v) is 7.81. The summed E-state index contributed by atoms with van der Waals surface area (Å²) in [5.41, 5.74) is 6.35. The van der Waals surface area contributed by atoms with E-state index in [1.807, 2.05) is 13.0 Å². The maximum absolute atomic E-state index is 12.0. The van der Waals surface area contributed by atoms with E-state index in [2.05, 4.69) is 27.4 Å². The van der Waals surface area contributed by atoms with Crippen molar-refractivity contribution in [3.05, 3.63) is 48.7 Å². The molecule has 33 heavy (non-hydrogen) atoms. The first-order valence-electron chi connectivity index (χ1n) is 10.7. The molecule has 0 radical (unpaired) electrons. The number of likely N-dealkylation sites (tertiary alicyclic amines) is 1. The summed E-state index contributed by atoms with van der Waals surface area (Å²) in [5, 5.41) is 13.5. The first-order chi connectivity index (χ1) is 15.9. The molecular weight excluding hydrogens is 424 g/mol. The van der Waals surface area contributed by atoms with Crippen LogP contribution in [0.25, 0.3) is 0 Å². The third-order valence-corrected chi connectivity index (χ3v) is 4.97. The number of nitrogens with one attached hydrogen (secondary N) is 2. The smallest absolute Gasteiger partial charge is 0.271 e. The Morgan fingerprint density at radius 2 is 2.00 bits per heavy atom. The zero-order chi connectivity index (χ0) is 23.8. The van der Waals surface area contributed by atoms with E-state index in [0.717, 1.165) is 25.7 Å². The molecule has 4 rings (SSSR count). The lowest BCUT2D eigenvalue weighted by atomic mass is 10.2. The van der Waals surface area contributed by atoms with Gasteiger partial charge < -0.3 is 26.0 Å². The summed E-state index contributed by atoms with van der Waals surface area (Å²) < 4.78 is 5.96. The summed E-state index contributed by atoms with van der Waals surface area (Å²) in [5.74, 6) is 0.0312. The quantitative estimate of drug-likeness (QED) is 0.413. The summed E-state index contributed by atoms with van der Waals surface area (Å²) in [6.45, 7) is 6.47. The zero-order valence-electron chi connectivity index (χ0n) is 18.5. The summed E-state index contributed by atoms with van der Waals surface area (Å²) in [6.07, 6.45) is 4.99. The lowest BCUT2D eigenvalue weighted by Gasteiger charge is -2.15. The second-order valence-electron chi connectivity index (χ2n) is 7.81. The fourth-order valence-corrected chi connectivity index (χ4v) is 3.24. The Kier molecular flexibility index (Phi) is 7.96. The molecule has 1 saturated carbocycles. The minimum Gasteiger partial charge on any atom is -0.488 e. The molecule has 2 heterocycles. The van der Waals surface area contributed by atoms with Crippen LogP contribution in [0.3, 0.4) is 0 Å². The number of nitrogens with two attached hydrogens (primary N) is 1. The van der Waals surface area contributed by atoms with E-state index in [4.69, 9.17) is 10.5 Å². The second kappa shape index (κ2) is 11.1. The summed E-state index contributed by atoms with van der Waals surface area (Å²) >= 11 is 0. The molecule has 1 aliphatic heterocycles. The van der Waals surface area contributed by atoms with E-state index >= 15 is 0 Å². The van der Waals surface area contributed by atoms with Crippen LogP contribution in [0.1, 0.15) is 36.7 Å². The molecule has 1 aromatic heterocycles. The van der Waals surface area contributed by atoms with Crippen LogP contribution in [0.15, 0.2) is 43.0 Å². The molecule has 174 valence electrons. The van der Waals surface area contributed by atoms with Crippen LogP contribution in [-0.2, 0) is 9.59 Å². The van der Waals surface area contributed by atoms with Crippen LogP contribution < -0.4 is 21.1 Å². The van der Waals surface area contributed by atoms with Crippen molar-refractivity contribution in [3.8, 4) is 5.75 Å². The number of primary amides is 1. The molecule has 2 aromatic rings. The van der Waals surface area contributed by atoms with E-state index in [9.17, 15) is 14.4 Å². The molecule has 2 aliphatic rings. The molecule has 2 fully saturated rings. The highest BCUT2D eigenvalue weighted by molar-refractivity contribution is 5.98. The van der Waals surface area contributed by atoms with Gasteiger partial charge in [-0.2, -0.15) is 0 Å². The molecule has 1 aromatic carbocycles. The molecule has 10 heteroatoms. The van der Waals surface area contributed by atoms with Crippen molar-refractivity contribution >= 4 is 35.4 Å². The molecule has 1 atom stereocenters. The van der Waals surface area contributed by atoms with Gasteiger partial charge in [0.05, 0.1) is 12.2 Å². The molecule has 1 saturated heterocycles. The monoisotopic (exact) mass is 452 g/mol. The Labute approximate surface area is 192 Å². The Balaban J connectivity index is 0.000000968. The lowest BCUT2D eigenvalue weighted by Crippen LogP contribution is -2.23. The van der Waals surface area contributed by atoms with Gasteiger partial charge in [-0.05, 0) is 31.9 Å². The van der Waals surface area contributed by atoms with Gasteiger partial charge in [0.1, 0.15) is 11.9 Å². The Bertz CT molecular complexity index is 1020. The van der Waals surface area contributed by atoms with Gasteiger partial charge in [-0.15, -0.1) is 16.8 Å². The third kappa shape index (κ3) is 6.76. The number of amides is 3. The number of anilines is 3. The molecule has 1 unspecified atom stereocenters. The van der Waals surface area contributed by atoms with Crippen molar-refractivity contribution in [2.75, 3.05) is 23.7 Å². The van der Waals surface area contributed by atoms with Crippen LogP contribution in [0, 0.1) is 5.92 Å². The van der Waals surface area contributed by atoms with Gasteiger partial charge in [0, 0.05) is 36.7 Å². The third-order valence-electron chi connectivity index (χ3n) is 4.97. The van der Waals surface area contributed by atoms with Crippen LogP contribution >= 0.6 is 0 Å². The molecular formula is C23H28N6O4. The van der Waals surface area contributed by atoms with Crippen molar-refractivity contribution in [2.45, 2.75) is 32.3 Å². The number of carbonyl (C=O) groups is 3. The fraction of sp³-hybridized carbons (Fsp3) is 0.348. The molecule has 1 aliphatic carbocycles. The number of allylic oxidation sites excluding steroid dienone is 1. The first kappa shape index (κ1) is 23.7. The highest BCUT2D eigenvalue weighted by Crippen LogP contribution is 2.31. The number of benzene rings is 1. The van der Waals surface area contributed by atoms with Gasteiger partial charge in [0.2, 0.25) is 12.3 Å². The molecule has 4 N–H and O–H groups in total. The summed E-state index contributed by atoms with van der Waals surface area (Å²) in [6, 6.07) is 8.72. The van der Waals surface area contributed by atoms with Crippen molar-refractivity contribution in [1.29, 1.82) is 0 Å². The highest BCUT2D eigenvalue weighted by Gasteiger charge is 2.30. The Morgan fingerprint density at radius 1 is 1.24 bits per heavy atom. The number of nitrogens with zero attached hydrogens (tertiary/aromatic N) is 3. The standard InChI is InChI=1S/C20H22N6O4.C3H6/c21-19(28)18-16(9-17(24-25-18)23-20(29)12-4-5-12)22-13-2-1-3-14(8-13)30-15-6-7-26(10-15)11-27;1-3-2/h1-3,8-9,11-12,15H,4-7,10H2,(H2,21,28)(H2,22,23,24,29);3H,1H2,2H3. The van der Waals surface area contributed by atoms with Gasteiger partial charge in [0.25, 0.3) is 5.91 Å². The molecule has 10 nitrogen and oxygen atoms in total. The zero-order valence-corrected chi connectivity index (χ0v) is 18.5. The number of hydrogen-bond donors (Lipinski definition) is 3. The van der Waals surface area contributed by atoms with Crippen LogP contribution in [0.2, 0.25) is 0 Å². The normalized spacial score (nSPS) is 16.8. The van der Waals surface area contributed by atoms with Crippen molar-refractivity contribution in [2.24, 2.45) is 11.7 Å². The minimum atomic E-state index is -0.739. The minimum absolute atomic E-state index is 0.0126. The summed E-state index contributed by atoms with van der Waals surface area (Å²) in [4.78, 5) is 36.3. The van der Waals surface area contributed by atoms with Gasteiger partial charge in [-0.3, -0.25) is 14.4 Å². The largest absolute Gasteiger partial charge is 0.488 e. The fourth-order valence-electron chi connectivity index (χ4n) is 3.24. The van der Waals surface area contributed by atoms with Gasteiger partial charge in [-0.25, -0.2) is 0 Å². The lowest BCUT2D eigenvalue weighted by molar-refractivity contribution is -0.118. The highest BCUT2D eigenvalue weighted by atomic mass is 16.5. The van der Waals surface area contributed by atoms with E-state index < -0.39 is 5.91 Å². The van der Waals surface area contributed by atoms with E-state index in [1.165, 1.54) is 6.07 Å². The maximum Gasteiger partial charge on any atom is 0.271 e. The number of carbonyl (C=O) groups excluding carboxylic acids is 3. The predicted molar refractivity (Wildman–Crippen MR) is 124 cm³/mol. The number of aromatic nitrogens is 2. The number of hydrogen-bond acceptors (Lipinski definition) is 7. The SMILES string of the molecule is C=CC.NC(=O)c1nnc(NC(=O)C2CC2)cc1Nc1cccc(OC2CCN(C=O)C2)c1. The van der Waals surface area contributed by atoms with E-state index in [-0.39, 0.29) is 29.4 Å². The van der Waals surface area contributed by atoms with E-state index in [1.54, 1.807) is 29.2 Å². The molecule has 0 spiro atoms. The van der Waals surface area contributed by atoms with Crippen LogP contribution in [0.4, 0.5) is 17.2 Å². The Morgan fingerprint density at radius 3 is 2.64 bits per heavy atom. The average Bonchev–Trinajstić information content (AvgIpc) is 3.54. The molecule has 3 amide bonds. The van der Waals surface area contributed by atoms with Crippen molar-refractivity contribution in [3.63, 3.8) is 0 Å². The Hall–Kier alpha value is -3.95.